The number of thiazole rings is 1. The van der Waals surface area contributed by atoms with E-state index in [1.54, 1.807) is 41.9 Å². The van der Waals surface area contributed by atoms with Gasteiger partial charge in [0.25, 0.3) is 0 Å². The van der Waals surface area contributed by atoms with Crippen molar-refractivity contribution in [1.29, 1.82) is 0 Å². The first kappa shape index (κ1) is 13.0. The summed E-state index contributed by atoms with van der Waals surface area (Å²) in [6, 6.07) is 10.8. The zero-order valence-corrected chi connectivity index (χ0v) is 12.6. The highest BCUT2D eigenvalue weighted by atomic mass is 32.1. The van der Waals surface area contributed by atoms with Crippen LogP contribution in [0.15, 0.2) is 42.7 Å². The summed E-state index contributed by atoms with van der Waals surface area (Å²) in [6.07, 6.45) is 1.55. The fourth-order valence-corrected chi connectivity index (χ4v) is 3.38. The molecule has 0 radical (unpaired) electrons. The molecule has 0 aliphatic rings. The van der Waals surface area contributed by atoms with Gasteiger partial charge in [0, 0.05) is 5.69 Å². The van der Waals surface area contributed by atoms with Crippen molar-refractivity contribution in [3.05, 3.63) is 47.7 Å². The van der Waals surface area contributed by atoms with E-state index < -0.39 is 0 Å². The summed E-state index contributed by atoms with van der Waals surface area (Å²) in [7, 11) is 0. The highest BCUT2D eigenvalue weighted by Crippen LogP contribution is 2.34. The summed E-state index contributed by atoms with van der Waals surface area (Å²) in [5.74, 6) is 0.975. The Bertz CT molecular complexity index is 979. The van der Waals surface area contributed by atoms with Crippen LogP contribution in [0.2, 0.25) is 0 Å². The van der Waals surface area contributed by atoms with Crippen LogP contribution < -0.4 is 5.32 Å². The second-order valence-electron chi connectivity index (χ2n) is 4.93. The Hall–Kier alpha value is -2.73. The Morgan fingerprint density at radius 1 is 1.00 bits per heavy atom. The number of fused-ring (bicyclic) bond motifs is 3. The zero-order chi connectivity index (χ0) is 15.1. The van der Waals surface area contributed by atoms with E-state index in [2.05, 4.69) is 20.3 Å². The largest absolute Gasteiger partial charge is 0.508 e. The second kappa shape index (κ2) is 4.92. The molecule has 4 aromatic rings. The minimum Gasteiger partial charge on any atom is -0.508 e. The molecule has 5 nitrogen and oxygen atoms in total. The van der Waals surface area contributed by atoms with Crippen molar-refractivity contribution in [3.63, 3.8) is 0 Å². The lowest BCUT2D eigenvalue weighted by atomic mass is 10.2. The van der Waals surface area contributed by atoms with Crippen LogP contribution in [0, 0.1) is 6.92 Å². The van der Waals surface area contributed by atoms with Gasteiger partial charge in [-0.05, 0) is 43.3 Å². The van der Waals surface area contributed by atoms with E-state index in [0.29, 0.717) is 0 Å². The summed E-state index contributed by atoms with van der Waals surface area (Å²) in [4.78, 5) is 13.2. The van der Waals surface area contributed by atoms with Gasteiger partial charge in [-0.3, -0.25) is 0 Å². The number of nitrogens with zero attached hydrogens (tertiary/aromatic N) is 3. The van der Waals surface area contributed by atoms with Crippen LogP contribution >= 0.6 is 11.3 Å². The quantitative estimate of drug-likeness (QED) is 0.548. The van der Waals surface area contributed by atoms with Gasteiger partial charge < -0.3 is 10.4 Å². The third-order valence-electron chi connectivity index (χ3n) is 3.39. The first-order chi connectivity index (χ1) is 10.7. The maximum atomic E-state index is 9.38. The van der Waals surface area contributed by atoms with Crippen LogP contribution in [0.25, 0.3) is 21.1 Å². The number of hydrogen-bond acceptors (Lipinski definition) is 6. The molecule has 0 saturated heterocycles. The zero-order valence-electron chi connectivity index (χ0n) is 11.7. The Morgan fingerprint density at radius 2 is 1.77 bits per heavy atom. The van der Waals surface area contributed by atoms with Crippen LogP contribution in [0.5, 0.6) is 5.75 Å². The lowest BCUT2D eigenvalue weighted by Crippen LogP contribution is -1.95. The summed E-state index contributed by atoms with van der Waals surface area (Å²) in [5.41, 5.74) is 2.70. The number of aryl methyl sites for hydroxylation is 1. The number of nitrogens with one attached hydrogen (secondary N) is 1. The van der Waals surface area contributed by atoms with Crippen molar-refractivity contribution < 1.29 is 5.11 Å². The maximum absolute atomic E-state index is 9.38. The van der Waals surface area contributed by atoms with Gasteiger partial charge in [0.1, 0.15) is 17.9 Å². The van der Waals surface area contributed by atoms with Gasteiger partial charge in [0.15, 0.2) is 0 Å². The number of rotatable bonds is 2. The first-order valence-electron chi connectivity index (χ1n) is 6.77. The van der Waals surface area contributed by atoms with Crippen LogP contribution in [0.4, 0.5) is 11.5 Å². The maximum Gasteiger partial charge on any atom is 0.143 e. The van der Waals surface area contributed by atoms with Crippen molar-refractivity contribution in [1.82, 2.24) is 15.0 Å². The van der Waals surface area contributed by atoms with Crippen molar-refractivity contribution in [2.45, 2.75) is 6.92 Å². The summed E-state index contributed by atoms with van der Waals surface area (Å²) in [6.45, 7) is 1.99. The first-order valence-corrected chi connectivity index (χ1v) is 7.59. The van der Waals surface area contributed by atoms with Gasteiger partial charge in [-0.1, -0.05) is 0 Å². The number of aromatic hydroxyl groups is 1. The number of aromatic nitrogens is 3. The molecule has 4 rings (SSSR count). The average Bonchev–Trinajstić information content (AvgIpc) is 2.90. The Labute approximate surface area is 130 Å². The lowest BCUT2D eigenvalue weighted by molar-refractivity contribution is 0.475. The van der Waals surface area contributed by atoms with Crippen LogP contribution in [-0.4, -0.2) is 20.1 Å². The lowest BCUT2D eigenvalue weighted by Gasteiger charge is -2.08. The molecule has 2 N–H and O–H groups in total. The second-order valence-corrected chi connectivity index (χ2v) is 6.14. The smallest absolute Gasteiger partial charge is 0.143 e. The van der Waals surface area contributed by atoms with Gasteiger partial charge in [-0.2, -0.15) is 0 Å². The van der Waals surface area contributed by atoms with E-state index >= 15 is 0 Å². The molecule has 0 spiro atoms. The van der Waals surface area contributed by atoms with Crippen molar-refractivity contribution in [3.8, 4) is 5.75 Å². The van der Waals surface area contributed by atoms with E-state index in [1.165, 1.54) is 0 Å². The minimum atomic E-state index is 0.235. The Kier molecular flexibility index (Phi) is 2.90. The Balaban J connectivity index is 1.92. The topological polar surface area (TPSA) is 70.9 Å². The third kappa shape index (κ3) is 2.14. The number of phenols is 1. The van der Waals surface area contributed by atoms with E-state index in [9.17, 15) is 5.11 Å². The van der Waals surface area contributed by atoms with Crippen LogP contribution in [0.3, 0.4) is 0 Å². The summed E-state index contributed by atoms with van der Waals surface area (Å²) >= 11 is 1.64. The summed E-state index contributed by atoms with van der Waals surface area (Å²) in [5, 5.41) is 14.7. The molecule has 0 atom stereocenters. The van der Waals surface area contributed by atoms with E-state index in [4.69, 9.17) is 0 Å². The number of phenolic OH excluding ortho intramolecular Hbond substituents is 1. The number of anilines is 2. The van der Waals surface area contributed by atoms with Crippen molar-refractivity contribution in [2.75, 3.05) is 5.32 Å². The molecular formula is C16H12N4OS. The highest BCUT2D eigenvalue weighted by molar-refractivity contribution is 7.19. The normalized spacial score (nSPS) is 11.1. The molecule has 0 aliphatic carbocycles. The number of hydrogen-bond donors (Lipinski definition) is 2. The molecule has 0 amide bonds. The molecule has 2 aromatic heterocycles. The van der Waals surface area contributed by atoms with Gasteiger partial charge in [0.05, 0.1) is 26.1 Å². The molecular weight excluding hydrogens is 296 g/mol. The molecule has 0 fully saturated rings. The number of benzene rings is 2. The molecule has 108 valence electrons. The SMILES string of the molecule is Cc1nc2ccc3ncnc(Nc4ccc(O)cc4)c3c2s1. The standard InChI is InChI=1S/C16H12N4OS/c1-9-19-13-7-6-12-14(15(13)22-9)16(18-8-17-12)20-10-2-4-11(21)5-3-10/h2-8,21H,1H3,(H,17,18,20). The van der Waals surface area contributed by atoms with Gasteiger partial charge in [-0.15, -0.1) is 11.3 Å². The molecule has 0 aliphatic heterocycles. The fourth-order valence-electron chi connectivity index (χ4n) is 2.42. The third-order valence-corrected chi connectivity index (χ3v) is 4.40. The van der Waals surface area contributed by atoms with E-state index in [0.717, 1.165) is 37.6 Å². The van der Waals surface area contributed by atoms with Crippen molar-refractivity contribution in [2.24, 2.45) is 0 Å². The monoisotopic (exact) mass is 308 g/mol. The molecule has 0 unspecified atom stereocenters. The predicted octanol–water partition coefficient (Wildman–Crippen LogP) is 4.00. The van der Waals surface area contributed by atoms with Gasteiger partial charge in [-0.25, -0.2) is 15.0 Å². The molecule has 2 aromatic carbocycles. The van der Waals surface area contributed by atoms with E-state index in [1.807, 2.05) is 19.1 Å². The van der Waals surface area contributed by atoms with Gasteiger partial charge in [0.2, 0.25) is 0 Å². The van der Waals surface area contributed by atoms with E-state index in [-0.39, 0.29) is 5.75 Å². The molecule has 22 heavy (non-hydrogen) atoms. The van der Waals surface area contributed by atoms with Crippen LogP contribution in [0.1, 0.15) is 5.01 Å². The molecule has 0 saturated carbocycles. The average molecular weight is 308 g/mol. The molecule has 6 heteroatoms. The molecule has 2 heterocycles. The predicted molar refractivity (Wildman–Crippen MR) is 88.8 cm³/mol. The molecule has 0 bridgehead atoms. The minimum absolute atomic E-state index is 0.235. The highest BCUT2D eigenvalue weighted by Gasteiger charge is 2.11. The van der Waals surface area contributed by atoms with Crippen molar-refractivity contribution >= 4 is 44.0 Å². The fraction of sp³-hybridized carbons (Fsp3) is 0.0625. The van der Waals surface area contributed by atoms with Crippen LogP contribution in [-0.2, 0) is 0 Å². The Morgan fingerprint density at radius 3 is 2.59 bits per heavy atom. The van der Waals surface area contributed by atoms with Gasteiger partial charge >= 0.3 is 0 Å². The summed E-state index contributed by atoms with van der Waals surface area (Å²) < 4.78 is 1.08.